The molecule has 1 aromatic carbocycles. The van der Waals surface area contributed by atoms with Crippen molar-refractivity contribution >= 4 is 34.4 Å². The minimum Gasteiger partial charge on any atom is -0.389 e. The zero-order valence-electron chi connectivity index (χ0n) is 23.5. The molecule has 0 atom stereocenters. The fourth-order valence-electron chi connectivity index (χ4n) is 5.43. The molecular formula is C31H28FN7O4. The van der Waals surface area contributed by atoms with Crippen molar-refractivity contribution < 1.29 is 19.1 Å². The van der Waals surface area contributed by atoms with E-state index in [0.29, 0.717) is 58.4 Å². The van der Waals surface area contributed by atoms with E-state index in [2.05, 4.69) is 20.3 Å². The third kappa shape index (κ3) is 5.28. The minimum atomic E-state index is -1.01. The van der Waals surface area contributed by atoms with E-state index in [1.54, 1.807) is 36.7 Å². The van der Waals surface area contributed by atoms with Crippen molar-refractivity contribution in [3.8, 4) is 16.8 Å². The molecule has 4 aromatic heterocycles. The lowest BCUT2D eigenvalue weighted by Gasteiger charge is -2.21. The number of carbonyl (C=O) groups is 2. The molecule has 0 aliphatic heterocycles. The molecule has 0 saturated heterocycles. The Morgan fingerprint density at radius 1 is 1.07 bits per heavy atom. The minimum absolute atomic E-state index is 0.166. The highest BCUT2D eigenvalue weighted by molar-refractivity contribution is 6.07. The lowest BCUT2D eigenvalue weighted by atomic mass is 9.92. The number of rotatable bonds is 6. The number of aromatic nitrogens is 5. The molecule has 5 aromatic rings. The lowest BCUT2D eigenvalue weighted by molar-refractivity contribution is 0.0627. The summed E-state index contributed by atoms with van der Waals surface area (Å²) >= 11 is 0. The van der Waals surface area contributed by atoms with Crippen LogP contribution in [-0.4, -0.2) is 46.5 Å². The van der Waals surface area contributed by atoms with Gasteiger partial charge in [-0.3, -0.25) is 19.0 Å². The molecule has 1 amide bonds. The molecule has 218 valence electrons. The molecule has 0 spiro atoms. The standard InChI is InChI=1S/C31H28FN7O4/c1-31(2,43)15-38-14-22(26-27(33)35-16-36-28(26)38)17-6-11-25(34-13-17)37-29(41)21-12-20-23(4-3-5-24(20)40)39(30(21)42)19-9-7-18(32)8-10-19/h6-14,16,43H,3-5,15H2,1-2H3,(H2,33,35,36)(H,34,37,41). The molecule has 0 radical (unpaired) electrons. The molecule has 12 heteroatoms. The van der Waals surface area contributed by atoms with Gasteiger partial charge in [-0.1, -0.05) is 0 Å². The first-order valence-electron chi connectivity index (χ1n) is 13.7. The van der Waals surface area contributed by atoms with Gasteiger partial charge in [0.2, 0.25) is 0 Å². The molecule has 0 saturated carbocycles. The number of hydrogen-bond acceptors (Lipinski definition) is 8. The molecule has 6 rings (SSSR count). The van der Waals surface area contributed by atoms with E-state index in [4.69, 9.17) is 5.73 Å². The number of halogens is 1. The second-order valence-electron chi connectivity index (χ2n) is 11.1. The molecule has 4 N–H and O–H groups in total. The largest absolute Gasteiger partial charge is 0.389 e. The van der Waals surface area contributed by atoms with Crippen molar-refractivity contribution in [2.45, 2.75) is 45.3 Å². The first kappa shape index (κ1) is 27.9. The van der Waals surface area contributed by atoms with Gasteiger partial charge in [0.25, 0.3) is 11.5 Å². The number of nitrogen functional groups attached to an aromatic ring is 1. The smallest absolute Gasteiger partial charge is 0.268 e. The number of fused-ring (bicyclic) bond motifs is 2. The first-order chi connectivity index (χ1) is 20.5. The van der Waals surface area contributed by atoms with Crippen LogP contribution in [0.3, 0.4) is 0 Å². The second kappa shape index (κ2) is 10.6. The Hall–Kier alpha value is -5.23. The van der Waals surface area contributed by atoms with Crippen LogP contribution >= 0.6 is 0 Å². The number of pyridine rings is 2. The number of nitrogens with one attached hydrogen (secondary N) is 1. The summed E-state index contributed by atoms with van der Waals surface area (Å²) in [4.78, 5) is 52.6. The molecule has 1 aliphatic rings. The number of hydrogen-bond donors (Lipinski definition) is 3. The highest BCUT2D eigenvalue weighted by Crippen LogP contribution is 2.33. The maximum absolute atomic E-state index is 13.6. The number of anilines is 2. The zero-order valence-corrected chi connectivity index (χ0v) is 23.5. The van der Waals surface area contributed by atoms with Gasteiger partial charge in [-0.15, -0.1) is 0 Å². The van der Waals surface area contributed by atoms with Crippen molar-refractivity contribution in [3.05, 3.63) is 94.2 Å². The van der Waals surface area contributed by atoms with Crippen LogP contribution in [0.1, 0.15) is 53.1 Å². The van der Waals surface area contributed by atoms with E-state index in [1.165, 1.54) is 41.2 Å². The summed E-state index contributed by atoms with van der Waals surface area (Å²) in [5.74, 6) is -0.925. The van der Waals surface area contributed by atoms with Gasteiger partial charge in [-0.25, -0.2) is 19.3 Å². The van der Waals surface area contributed by atoms with Crippen LogP contribution in [0, 0.1) is 5.82 Å². The monoisotopic (exact) mass is 581 g/mol. The third-order valence-electron chi connectivity index (χ3n) is 7.31. The van der Waals surface area contributed by atoms with Gasteiger partial charge in [-0.05, 0) is 69.2 Å². The SMILES string of the molecule is CC(C)(O)Cn1cc(-c2ccc(NC(=O)c3cc4c(n(-c5ccc(F)cc5)c3=O)CCCC4=O)nc2)c2c(N)ncnc21. The normalized spacial score (nSPS) is 13.3. The van der Waals surface area contributed by atoms with Gasteiger partial charge in [0.05, 0.1) is 17.5 Å². The van der Waals surface area contributed by atoms with Crippen LogP contribution < -0.4 is 16.6 Å². The van der Waals surface area contributed by atoms with Gasteiger partial charge >= 0.3 is 0 Å². The van der Waals surface area contributed by atoms with E-state index >= 15 is 0 Å². The van der Waals surface area contributed by atoms with Crippen molar-refractivity contribution in [1.29, 1.82) is 0 Å². The fraction of sp³-hybridized carbons (Fsp3) is 0.226. The number of benzene rings is 1. The average Bonchev–Trinajstić information content (AvgIpc) is 3.32. The van der Waals surface area contributed by atoms with Crippen molar-refractivity contribution in [2.75, 3.05) is 11.1 Å². The molecule has 11 nitrogen and oxygen atoms in total. The maximum atomic E-state index is 13.6. The molecular weight excluding hydrogens is 553 g/mol. The summed E-state index contributed by atoms with van der Waals surface area (Å²) in [6.45, 7) is 3.64. The number of carbonyl (C=O) groups excluding carboxylic acids is 2. The summed E-state index contributed by atoms with van der Waals surface area (Å²) in [7, 11) is 0. The molecule has 1 aliphatic carbocycles. The zero-order chi connectivity index (χ0) is 30.5. The Morgan fingerprint density at radius 3 is 2.53 bits per heavy atom. The molecule has 4 heterocycles. The Kier molecular flexibility index (Phi) is 6.85. The molecule has 43 heavy (non-hydrogen) atoms. The lowest BCUT2D eigenvalue weighted by Crippen LogP contribution is -2.33. The number of nitrogens with zero attached hydrogens (tertiary/aromatic N) is 5. The van der Waals surface area contributed by atoms with Gasteiger partial charge < -0.3 is 20.7 Å². The first-order valence-corrected chi connectivity index (χ1v) is 13.7. The predicted octanol–water partition coefficient (Wildman–Crippen LogP) is 3.91. The van der Waals surface area contributed by atoms with E-state index in [-0.39, 0.29) is 29.5 Å². The van der Waals surface area contributed by atoms with Crippen LogP contribution in [0.4, 0.5) is 16.0 Å². The summed E-state index contributed by atoms with van der Waals surface area (Å²) in [6, 6.07) is 9.96. The van der Waals surface area contributed by atoms with Crippen molar-refractivity contribution in [3.63, 3.8) is 0 Å². The summed E-state index contributed by atoms with van der Waals surface area (Å²) < 4.78 is 16.7. The Labute approximate surface area is 244 Å². The van der Waals surface area contributed by atoms with Crippen LogP contribution in [0.15, 0.2) is 66.0 Å². The summed E-state index contributed by atoms with van der Waals surface area (Å²) in [6.07, 6.45) is 6.06. The number of Topliss-reactive ketones (excluding diaryl/α,β-unsaturated/α-hetero) is 1. The number of amides is 1. The fourth-order valence-corrected chi connectivity index (χ4v) is 5.43. The Morgan fingerprint density at radius 2 is 1.84 bits per heavy atom. The van der Waals surface area contributed by atoms with Crippen LogP contribution in [0.5, 0.6) is 0 Å². The van der Waals surface area contributed by atoms with Gasteiger partial charge in [0.1, 0.15) is 35.0 Å². The van der Waals surface area contributed by atoms with E-state index < -0.39 is 22.9 Å². The summed E-state index contributed by atoms with van der Waals surface area (Å²) in [5, 5.41) is 13.6. The van der Waals surface area contributed by atoms with Crippen LogP contribution in [0.2, 0.25) is 0 Å². The Bertz CT molecular complexity index is 1960. The van der Waals surface area contributed by atoms with Crippen LogP contribution in [0.25, 0.3) is 27.8 Å². The molecule has 0 unspecified atom stereocenters. The average molecular weight is 582 g/mol. The van der Waals surface area contributed by atoms with E-state index in [1.807, 2.05) is 6.20 Å². The summed E-state index contributed by atoms with van der Waals surface area (Å²) in [5.41, 5.74) is 7.40. The molecule has 0 bridgehead atoms. The molecule has 0 fully saturated rings. The van der Waals surface area contributed by atoms with Crippen molar-refractivity contribution in [1.82, 2.24) is 24.1 Å². The second-order valence-corrected chi connectivity index (χ2v) is 11.1. The highest BCUT2D eigenvalue weighted by Gasteiger charge is 2.27. The van der Waals surface area contributed by atoms with Gasteiger partial charge in [-0.2, -0.15) is 0 Å². The van der Waals surface area contributed by atoms with Gasteiger partial charge in [0.15, 0.2) is 5.78 Å². The quantitative estimate of drug-likeness (QED) is 0.272. The predicted molar refractivity (Wildman–Crippen MR) is 159 cm³/mol. The number of ketones is 1. The Balaban J connectivity index is 1.34. The van der Waals surface area contributed by atoms with Crippen molar-refractivity contribution in [2.24, 2.45) is 0 Å². The van der Waals surface area contributed by atoms with E-state index in [9.17, 15) is 23.9 Å². The van der Waals surface area contributed by atoms with E-state index in [0.717, 1.165) is 0 Å². The van der Waals surface area contributed by atoms with Gasteiger partial charge in [0, 0.05) is 46.9 Å². The number of nitrogens with two attached hydrogens (primary N) is 1. The number of aliphatic hydroxyl groups is 1. The maximum Gasteiger partial charge on any atom is 0.268 e. The van der Waals surface area contributed by atoms with Crippen LogP contribution in [-0.2, 0) is 13.0 Å². The topological polar surface area (TPSA) is 158 Å². The highest BCUT2D eigenvalue weighted by atomic mass is 19.1. The third-order valence-corrected chi connectivity index (χ3v) is 7.31.